The molecule has 0 N–H and O–H groups in total. The highest BCUT2D eigenvalue weighted by Crippen LogP contribution is 2.42. The molecule has 0 spiro atoms. The number of nitrogens with zero attached hydrogens (tertiary/aromatic N) is 3. The molecule has 154 valence electrons. The van der Waals surface area contributed by atoms with Gasteiger partial charge in [-0.1, -0.05) is 33.5 Å². The van der Waals surface area contributed by atoms with Gasteiger partial charge in [-0.25, -0.2) is 4.98 Å². The number of hydrogen-bond acceptors (Lipinski definition) is 5. The molecule has 0 atom stereocenters. The number of rotatable bonds is 6. The SMILES string of the molecule is C#CCOc1c(OCC)cc(C=Nn2c(C)nc3ccc(Br)cc3c2=O)c(Br)c1Cl. The second-order valence-electron chi connectivity index (χ2n) is 6.03. The van der Waals surface area contributed by atoms with Gasteiger partial charge in [-0.05, 0) is 54.0 Å². The predicted octanol–water partition coefficient (Wildman–Crippen LogP) is 5.18. The molecule has 1 aromatic heterocycles. The first-order valence-corrected chi connectivity index (χ1v) is 10.8. The van der Waals surface area contributed by atoms with E-state index in [0.717, 1.165) is 4.47 Å². The van der Waals surface area contributed by atoms with E-state index in [9.17, 15) is 4.79 Å². The third kappa shape index (κ3) is 4.53. The molecule has 2 aromatic carbocycles. The van der Waals surface area contributed by atoms with Crippen LogP contribution < -0.4 is 15.0 Å². The Kier molecular flexibility index (Phi) is 7.19. The van der Waals surface area contributed by atoms with Crippen LogP contribution in [0.5, 0.6) is 11.5 Å². The molecule has 0 fully saturated rings. The summed E-state index contributed by atoms with van der Waals surface area (Å²) in [7, 11) is 0. The zero-order valence-corrected chi connectivity index (χ0v) is 20.0. The van der Waals surface area contributed by atoms with Crippen LogP contribution >= 0.6 is 43.5 Å². The minimum atomic E-state index is -0.281. The average Bonchev–Trinajstić information content (AvgIpc) is 2.72. The lowest BCUT2D eigenvalue weighted by atomic mass is 10.2. The summed E-state index contributed by atoms with van der Waals surface area (Å²) in [6.45, 7) is 4.01. The zero-order chi connectivity index (χ0) is 21.8. The van der Waals surface area contributed by atoms with E-state index in [2.05, 4.69) is 47.9 Å². The minimum Gasteiger partial charge on any atom is -0.490 e. The van der Waals surface area contributed by atoms with Crippen LogP contribution in [0.15, 0.2) is 43.1 Å². The third-order valence-electron chi connectivity index (χ3n) is 4.04. The van der Waals surface area contributed by atoms with Gasteiger partial charge in [0.1, 0.15) is 17.5 Å². The molecule has 0 aliphatic carbocycles. The lowest BCUT2D eigenvalue weighted by Crippen LogP contribution is -2.20. The Balaban J connectivity index is 2.10. The monoisotopic (exact) mass is 551 g/mol. The van der Waals surface area contributed by atoms with Crippen molar-refractivity contribution in [2.24, 2.45) is 5.10 Å². The fraction of sp³-hybridized carbons (Fsp3) is 0.190. The Labute approximate surface area is 195 Å². The van der Waals surface area contributed by atoms with Crippen LogP contribution in [0.3, 0.4) is 0 Å². The molecule has 3 rings (SSSR count). The number of aryl methyl sites for hydroxylation is 1. The number of fused-ring (bicyclic) bond motifs is 1. The van der Waals surface area contributed by atoms with Crippen molar-refractivity contribution < 1.29 is 9.47 Å². The molecule has 0 radical (unpaired) electrons. The molecule has 0 saturated carbocycles. The standard InChI is InChI=1S/C21H16Br2ClN3O3/c1-4-8-30-20-17(29-5-2)9-13(18(23)19(20)24)11-25-27-12(3)26-16-7-6-14(22)10-15(16)21(27)28/h1,6-7,9-11H,5,8H2,2-3H3. The molecule has 30 heavy (non-hydrogen) atoms. The van der Waals surface area contributed by atoms with Crippen molar-refractivity contribution in [3.05, 3.63) is 60.0 Å². The summed E-state index contributed by atoms with van der Waals surface area (Å²) < 4.78 is 13.7. The Morgan fingerprint density at radius 3 is 2.80 bits per heavy atom. The van der Waals surface area contributed by atoms with Crippen LogP contribution in [0, 0.1) is 19.3 Å². The van der Waals surface area contributed by atoms with Gasteiger partial charge in [0.05, 0.1) is 23.7 Å². The summed E-state index contributed by atoms with van der Waals surface area (Å²) in [5.41, 5.74) is 0.915. The number of ether oxygens (including phenoxy) is 2. The van der Waals surface area contributed by atoms with E-state index in [1.165, 1.54) is 10.9 Å². The van der Waals surface area contributed by atoms with Crippen molar-refractivity contribution in [1.82, 2.24) is 9.66 Å². The molecule has 0 aliphatic heterocycles. The van der Waals surface area contributed by atoms with E-state index in [1.807, 2.05) is 13.0 Å². The molecule has 0 unspecified atom stereocenters. The van der Waals surface area contributed by atoms with E-state index < -0.39 is 0 Å². The van der Waals surface area contributed by atoms with Crippen LogP contribution in [-0.2, 0) is 0 Å². The van der Waals surface area contributed by atoms with Gasteiger partial charge >= 0.3 is 0 Å². The molecule has 6 nitrogen and oxygen atoms in total. The lowest BCUT2D eigenvalue weighted by Gasteiger charge is -2.15. The number of halogens is 3. The molecule has 0 amide bonds. The maximum Gasteiger partial charge on any atom is 0.282 e. The summed E-state index contributed by atoms with van der Waals surface area (Å²) in [5.74, 6) is 3.61. The van der Waals surface area contributed by atoms with Crippen molar-refractivity contribution in [3.63, 3.8) is 0 Å². The van der Waals surface area contributed by atoms with Crippen LogP contribution in [-0.4, -0.2) is 29.1 Å². The first-order valence-electron chi connectivity index (χ1n) is 8.81. The van der Waals surface area contributed by atoms with Crippen LogP contribution in [0.1, 0.15) is 18.3 Å². The maximum absolute atomic E-state index is 12.9. The molecule has 1 heterocycles. The van der Waals surface area contributed by atoms with Gasteiger partial charge in [-0.2, -0.15) is 9.78 Å². The Morgan fingerprint density at radius 1 is 1.33 bits per heavy atom. The number of hydrogen-bond donors (Lipinski definition) is 0. The second-order valence-corrected chi connectivity index (χ2v) is 8.12. The van der Waals surface area contributed by atoms with Gasteiger partial charge in [-0.15, -0.1) is 6.42 Å². The number of aromatic nitrogens is 2. The predicted molar refractivity (Wildman–Crippen MR) is 126 cm³/mol. The molecular formula is C21H16Br2ClN3O3. The Hall–Kier alpha value is -2.34. The van der Waals surface area contributed by atoms with Gasteiger partial charge < -0.3 is 9.47 Å². The summed E-state index contributed by atoms with van der Waals surface area (Å²) in [4.78, 5) is 17.4. The van der Waals surface area contributed by atoms with Crippen LogP contribution in [0.4, 0.5) is 0 Å². The minimum absolute atomic E-state index is 0.0482. The van der Waals surface area contributed by atoms with Crippen molar-refractivity contribution in [2.75, 3.05) is 13.2 Å². The molecule has 0 saturated heterocycles. The lowest BCUT2D eigenvalue weighted by molar-refractivity contribution is 0.299. The maximum atomic E-state index is 12.9. The third-order valence-corrected chi connectivity index (χ3v) is 5.97. The van der Waals surface area contributed by atoms with Crippen LogP contribution in [0.25, 0.3) is 10.9 Å². The molecule has 9 heteroatoms. The second kappa shape index (κ2) is 9.65. The van der Waals surface area contributed by atoms with E-state index in [4.69, 9.17) is 27.5 Å². The van der Waals surface area contributed by atoms with Crippen LogP contribution in [0.2, 0.25) is 5.02 Å². The van der Waals surface area contributed by atoms with Gasteiger partial charge in [0, 0.05) is 14.5 Å². The van der Waals surface area contributed by atoms with E-state index in [1.54, 1.807) is 25.1 Å². The summed E-state index contributed by atoms with van der Waals surface area (Å²) in [6, 6.07) is 7.04. The molecular weight excluding hydrogens is 538 g/mol. The zero-order valence-electron chi connectivity index (χ0n) is 16.1. The first-order chi connectivity index (χ1) is 14.4. The van der Waals surface area contributed by atoms with Crippen molar-refractivity contribution >= 4 is 60.6 Å². The normalized spacial score (nSPS) is 11.1. The van der Waals surface area contributed by atoms with Crippen molar-refractivity contribution in [3.8, 4) is 23.8 Å². The van der Waals surface area contributed by atoms with E-state index >= 15 is 0 Å². The highest BCUT2D eigenvalue weighted by atomic mass is 79.9. The topological polar surface area (TPSA) is 65.7 Å². The summed E-state index contributed by atoms with van der Waals surface area (Å²) >= 11 is 13.3. The van der Waals surface area contributed by atoms with Gasteiger partial charge in [0.25, 0.3) is 5.56 Å². The smallest absolute Gasteiger partial charge is 0.282 e. The van der Waals surface area contributed by atoms with Gasteiger partial charge in [-0.3, -0.25) is 4.79 Å². The highest BCUT2D eigenvalue weighted by Gasteiger charge is 2.17. The summed E-state index contributed by atoms with van der Waals surface area (Å²) in [6.07, 6.45) is 6.78. The summed E-state index contributed by atoms with van der Waals surface area (Å²) in [5, 5.41) is 5.08. The number of terminal acetylenes is 1. The molecule has 0 bridgehead atoms. The largest absolute Gasteiger partial charge is 0.490 e. The van der Waals surface area contributed by atoms with Crippen molar-refractivity contribution in [1.29, 1.82) is 0 Å². The van der Waals surface area contributed by atoms with E-state index in [-0.39, 0.29) is 12.2 Å². The average molecular weight is 554 g/mol. The number of benzene rings is 2. The first kappa shape index (κ1) is 22.3. The fourth-order valence-electron chi connectivity index (χ4n) is 2.73. The molecule has 3 aromatic rings. The fourth-order valence-corrected chi connectivity index (χ4v) is 3.74. The Morgan fingerprint density at radius 2 is 2.10 bits per heavy atom. The Bertz CT molecular complexity index is 1250. The van der Waals surface area contributed by atoms with E-state index in [0.29, 0.717) is 49.9 Å². The van der Waals surface area contributed by atoms with Gasteiger partial charge in [0.2, 0.25) is 0 Å². The highest BCUT2D eigenvalue weighted by molar-refractivity contribution is 9.10. The molecule has 0 aliphatic rings. The van der Waals surface area contributed by atoms with Crippen molar-refractivity contribution in [2.45, 2.75) is 13.8 Å². The van der Waals surface area contributed by atoms with Gasteiger partial charge in [0.15, 0.2) is 11.5 Å². The quantitative estimate of drug-likeness (QED) is 0.312.